The number of amides is 1. The van der Waals surface area contributed by atoms with Gasteiger partial charge in [0.15, 0.2) is 5.78 Å². The van der Waals surface area contributed by atoms with E-state index in [1.54, 1.807) is 6.07 Å². The van der Waals surface area contributed by atoms with E-state index in [0.717, 1.165) is 4.88 Å². The molecule has 0 radical (unpaired) electrons. The second kappa shape index (κ2) is 7.99. The molecule has 4 nitrogen and oxygen atoms in total. The Morgan fingerprint density at radius 3 is 2.48 bits per heavy atom. The SMILES string of the molecule is Cc1ccc(C(=O)CCC(=O)NCC(O)c2ccc(F)cc2)s1. The molecule has 1 aromatic heterocycles. The minimum absolute atomic E-state index is 0.0246. The lowest BCUT2D eigenvalue weighted by molar-refractivity contribution is -0.121. The fraction of sp³-hybridized carbons (Fsp3) is 0.294. The van der Waals surface area contributed by atoms with Crippen molar-refractivity contribution >= 4 is 23.0 Å². The first-order valence-corrected chi connectivity index (χ1v) is 8.07. The number of halogens is 1. The van der Waals surface area contributed by atoms with Crippen LogP contribution in [0.15, 0.2) is 36.4 Å². The van der Waals surface area contributed by atoms with Crippen molar-refractivity contribution in [1.29, 1.82) is 0 Å². The number of aliphatic hydroxyl groups excluding tert-OH is 1. The van der Waals surface area contributed by atoms with E-state index in [0.29, 0.717) is 10.4 Å². The van der Waals surface area contributed by atoms with Crippen LogP contribution in [0.5, 0.6) is 0 Å². The summed E-state index contributed by atoms with van der Waals surface area (Å²) in [5.74, 6) is -0.738. The summed E-state index contributed by atoms with van der Waals surface area (Å²) in [6, 6.07) is 9.07. The van der Waals surface area contributed by atoms with Crippen LogP contribution in [0.2, 0.25) is 0 Å². The summed E-state index contributed by atoms with van der Waals surface area (Å²) in [5, 5.41) is 12.5. The highest BCUT2D eigenvalue weighted by molar-refractivity contribution is 7.14. The normalized spacial score (nSPS) is 12.0. The summed E-state index contributed by atoms with van der Waals surface area (Å²) in [7, 11) is 0. The van der Waals surface area contributed by atoms with E-state index in [2.05, 4.69) is 5.32 Å². The Morgan fingerprint density at radius 1 is 1.17 bits per heavy atom. The summed E-state index contributed by atoms with van der Waals surface area (Å²) in [5.41, 5.74) is 0.525. The van der Waals surface area contributed by atoms with E-state index in [4.69, 9.17) is 0 Å². The second-order valence-corrected chi connectivity index (χ2v) is 6.49. The molecule has 122 valence electrons. The van der Waals surface area contributed by atoms with Gasteiger partial charge < -0.3 is 10.4 Å². The highest BCUT2D eigenvalue weighted by Gasteiger charge is 2.13. The molecule has 0 aliphatic heterocycles. The summed E-state index contributed by atoms with van der Waals surface area (Å²) >= 11 is 1.41. The monoisotopic (exact) mass is 335 g/mol. The van der Waals surface area contributed by atoms with E-state index < -0.39 is 6.10 Å². The molecule has 0 aliphatic rings. The van der Waals surface area contributed by atoms with Gasteiger partial charge in [-0.2, -0.15) is 0 Å². The maximum atomic E-state index is 12.8. The molecule has 1 atom stereocenters. The highest BCUT2D eigenvalue weighted by Crippen LogP contribution is 2.17. The van der Waals surface area contributed by atoms with Crippen molar-refractivity contribution in [3.63, 3.8) is 0 Å². The molecule has 2 aromatic rings. The van der Waals surface area contributed by atoms with Gasteiger partial charge in [-0.1, -0.05) is 12.1 Å². The molecule has 1 heterocycles. The number of hydrogen-bond acceptors (Lipinski definition) is 4. The molecule has 0 saturated carbocycles. The number of rotatable bonds is 7. The number of thiophene rings is 1. The van der Waals surface area contributed by atoms with E-state index in [1.165, 1.54) is 35.6 Å². The third kappa shape index (κ3) is 5.26. The van der Waals surface area contributed by atoms with Crippen LogP contribution in [0.4, 0.5) is 4.39 Å². The second-order valence-electron chi connectivity index (χ2n) is 5.20. The first kappa shape index (κ1) is 17.3. The van der Waals surface area contributed by atoms with E-state index >= 15 is 0 Å². The van der Waals surface area contributed by atoms with Gasteiger partial charge in [0, 0.05) is 24.3 Å². The zero-order valence-corrected chi connectivity index (χ0v) is 13.5. The molecule has 0 fully saturated rings. The third-order valence-electron chi connectivity index (χ3n) is 3.34. The van der Waals surface area contributed by atoms with E-state index in [1.807, 2.05) is 13.0 Å². The van der Waals surface area contributed by atoms with Crippen LogP contribution in [0, 0.1) is 12.7 Å². The molecule has 0 spiro atoms. The number of ketones is 1. The fourth-order valence-electron chi connectivity index (χ4n) is 2.04. The summed E-state index contributed by atoms with van der Waals surface area (Å²) in [6.07, 6.45) is -0.695. The van der Waals surface area contributed by atoms with Gasteiger partial charge in [-0.25, -0.2) is 4.39 Å². The van der Waals surface area contributed by atoms with Gasteiger partial charge in [-0.05, 0) is 36.8 Å². The molecular weight excluding hydrogens is 317 g/mol. The first-order valence-electron chi connectivity index (χ1n) is 7.25. The van der Waals surface area contributed by atoms with Crippen LogP contribution in [-0.2, 0) is 4.79 Å². The van der Waals surface area contributed by atoms with Crippen molar-refractivity contribution in [2.24, 2.45) is 0 Å². The molecule has 2 rings (SSSR count). The van der Waals surface area contributed by atoms with Gasteiger partial charge in [-0.3, -0.25) is 9.59 Å². The number of carbonyl (C=O) groups is 2. The molecule has 0 aliphatic carbocycles. The Labute approximate surface area is 138 Å². The maximum Gasteiger partial charge on any atom is 0.220 e. The van der Waals surface area contributed by atoms with Crippen LogP contribution in [0.25, 0.3) is 0 Å². The van der Waals surface area contributed by atoms with Crippen molar-refractivity contribution in [2.75, 3.05) is 6.54 Å². The largest absolute Gasteiger partial charge is 0.387 e. The number of benzene rings is 1. The number of carbonyl (C=O) groups excluding carboxylic acids is 2. The van der Waals surface area contributed by atoms with Gasteiger partial charge >= 0.3 is 0 Å². The number of aliphatic hydroxyl groups is 1. The molecule has 23 heavy (non-hydrogen) atoms. The van der Waals surface area contributed by atoms with Gasteiger partial charge in [0.1, 0.15) is 5.82 Å². The van der Waals surface area contributed by atoms with Crippen molar-refractivity contribution < 1.29 is 19.1 Å². The fourth-order valence-corrected chi connectivity index (χ4v) is 2.87. The molecule has 1 unspecified atom stereocenters. The van der Waals surface area contributed by atoms with Crippen LogP contribution in [0.1, 0.15) is 39.1 Å². The third-order valence-corrected chi connectivity index (χ3v) is 4.38. The van der Waals surface area contributed by atoms with Crippen LogP contribution < -0.4 is 5.32 Å². The Kier molecular flexibility index (Phi) is 6.01. The van der Waals surface area contributed by atoms with Crippen molar-refractivity contribution in [3.8, 4) is 0 Å². The van der Waals surface area contributed by atoms with Gasteiger partial charge in [-0.15, -0.1) is 11.3 Å². The molecule has 0 bridgehead atoms. The standard InChI is InChI=1S/C17H18FNO3S/c1-11-2-8-16(23-11)14(20)7-9-17(22)19-10-15(21)12-3-5-13(18)6-4-12/h2-6,8,15,21H,7,9-10H2,1H3,(H,19,22). The van der Waals surface area contributed by atoms with Gasteiger partial charge in [0.25, 0.3) is 0 Å². The molecule has 1 amide bonds. The lowest BCUT2D eigenvalue weighted by Crippen LogP contribution is -2.28. The predicted octanol–water partition coefficient (Wildman–Crippen LogP) is 3.01. The number of hydrogen-bond donors (Lipinski definition) is 2. The van der Waals surface area contributed by atoms with Gasteiger partial charge in [0.05, 0.1) is 11.0 Å². The highest BCUT2D eigenvalue weighted by atomic mass is 32.1. The smallest absolute Gasteiger partial charge is 0.220 e. The van der Waals surface area contributed by atoms with Crippen LogP contribution >= 0.6 is 11.3 Å². The van der Waals surface area contributed by atoms with E-state index in [9.17, 15) is 19.1 Å². The number of aryl methyl sites for hydroxylation is 1. The molecule has 2 N–H and O–H groups in total. The Balaban J connectivity index is 1.74. The lowest BCUT2D eigenvalue weighted by Gasteiger charge is -2.12. The number of Topliss-reactive ketones (excluding diaryl/α,β-unsaturated/α-hetero) is 1. The molecular formula is C17H18FNO3S. The average molecular weight is 335 g/mol. The Hall–Kier alpha value is -2.05. The minimum atomic E-state index is -0.907. The Morgan fingerprint density at radius 2 is 1.87 bits per heavy atom. The van der Waals surface area contributed by atoms with Crippen LogP contribution in [0.3, 0.4) is 0 Å². The predicted molar refractivity (Wildman–Crippen MR) is 87.0 cm³/mol. The van der Waals surface area contributed by atoms with Crippen molar-refractivity contribution in [2.45, 2.75) is 25.9 Å². The van der Waals surface area contributed by atoms with Crippen molar-refractivity contribution in [3.05, 3.63) is 57.5 Å². The summed E-state index contributed by atoms with van der Waals surface area (Å²) in [6.45, 7) is 1.95. The summed E-state index contributed by atoms with van der Waals surface area (Å²) in [4.78, 5) is 25.4. The summed E-state index contributed by atoms with van der Waals surface area (Å²) < 4.78 is 12.8. The lowest BCUT2D eigenvalue weighted by atomic mass is 10.1. The quantitative estimate of drug-likeness (QED) is 0.765. The zero-order chi connectivity index (χ0) is 16.8. The first-order chi connectivity index (χ1) is 11.0. The number of nitrogens with one attached hydrogen (secondary N) is 1. The topological polar surface area (TPSA) is 66.4 Å². The molecule has 0 saturated heterocycles. The van der Waals surface area contributed by atoms with Crippen LogP contribution in [-0.4, -0.2) is 23.3 Å². The molecule has 1 aromatic carbocycles. The average Bonchev–Trinajstić information content (AvgIpc) is 2.97. The maximum absolute atomic E-state index is 12.8. The van der Waals surface area contributed by atoms with Crippen molar-refractivity contribution in [1.82, 2.24) is 5.32 Å². The van der Waals surface area contributed by atoms with Gasteiger partial charge in [0.2, 0.25) is 5.91 Å². The Bertz CT molecular complexity index is 681. The molecule has 6 heteroatoms. The zero-order valence-electron chi connectivity index (χ0n) is 12.7. The van der Waals surface area contributed by atoms with E-state index in [-0.39, 0.29) is 36.9 Å². The minimum Gasteiger partial charge on any atom is -0.387 e.